The van der Waals surface area contributed by atoms with Crippen LogP contribution >= 0.6 is 0 Å². The van der Waals surface area contributed by atoms with E-state index >= 15 is 0 Å². The highest BCUT2D eigenvalue weighted by atomic mass is 32.2. The van der Waals surface area contributed by atoms with E-state index in [0.717, 1.165) is 36.8 Å². The standard InChI is InChI=1S/C13H17NO2S/c14-13(6-1-2-7-13)11-4-3-10-5-8-17(15,16)12(10)9-11/h3-4,9H,1-2,5-8,14H2. The average molecular weight is 251 g/mol. The number of aryl methyl sites for hydroxylation is 1. The molecule has 0 amide bonds. The van der Waals surface area contributed by atoms with Crippen LogP contribution in [0.5, 0.6) is 0 Å². The van der Waals surface area contributed by atoms with Crippen molar-refractivity contribution in [3.8, 4) is 0 Å². The van der Waals surface area contributed by atoms with E-state index in [9.17, 15) is 8.42 Å². The fourth-order valence-electron chi connectivity index (χ4n) is 3.01. The smallest absolute Gasteiger partial charge is 0.178 e. The summed E-state index contributed by atoms with van der Waals surface area (Å²) in [6, 6.07) is 5.79. The first-order chi connectivity index (χ1) is 8.01. The molecule has 1 aliphatic heterocycles. The van der Waals surface area contributed by atoms with E-state index in [-0.39, 0.29) is 11.3 Å². The molecule has 2 aliphatic rings. The molecule has 1 aromatic carbocycles. The molecule has 2 N–H and O–H groups in total. The van der Waals surface area contributed by atoms with Gasteiger partial charge in [0.15, 0.2) is 9.84 Å². The van der Waals surface area contributed by atoms with Crippen LogP contribution < -0.4 is 5.73 Å². The lowest BCUT2D eigenvalue weighted by Crippen LogP contribution is -2.33. The molecule has 3 nitrogen and oxygen atoms in total. The Kier molecular flexibility index (Phi) is 2.35. The van der Waals surface area contributed by atoms with E-state index in [1.807, 2.05) is 18.2 Å². The summed E-state index contributed by atoms with van der Waals surface area (Å²) in [5, 5.41) is 0. The Hall–Kier alpha value is -0.870. The van der Waals surface area contributed by atoms with Crippen LogP contribution in [-0.4, -0.2) is 14.2 Å². The van der Waals surface area contributed by atoms with E-state index in [1.165, 1.54) is 0 Å². The Balaban J connectivity index is 2.10. The van der Waals surface area contributed by atoms with Gasteiger partial charge in [0.2, 0.25) is 0 Å². The normalized spacial score (nSPS) is 24.8. The molecule has 0 bridgehead atoms. The summed E-state index contributed by atoms with van der Waals surface area (Å²) in [7, 11) is -3.04. The molecule has 0 saturated heterocycles. The topological polar surface area (TPSA) is 60.2 Å². The maximum Gasteiger partial charge on any atom is 0.178 e. The van der Waals surface area contributed by atoms with Crippen molar-refractivity contribution in [3.05, 3.63) is 29.3 Å². The Labute approximate surface area is 102 Å². The molecule has 3 rings (SSSR count). The molecule has 0 aromatic heterocycles. The van der Waals surface area contributed by atoms with E-state index < -0.39 is 9.84 Å². The number of sulfone groups is 1. The number of hydrogen-bond donors (Lipinski definition) is 1. The van der Waals surface area contributed by atoms with Crippen molar-refractivity contribution < 1.29 is 8.42 Å². The highest BCUT2D eigenvalue weighted by Gasteiger charge is 2.34. The average Bonchev–Trinajstić information content (AvgIpc) is 2.85. The van der Waals surface area contributed by atoms with Crippen molar-refractivity contribution >= 4 is 9.84 Å². The predicted octanol–water partition coefficient (Wildman–Crippen LogP) is 1.74. The maximum absolute atomic E-state index is 11.9. The highest BCUT2D eigenvalue weighted by molar-refractivity contribution is 7.91. The first kappa shape index (κ1) is 11.2. The van der Waals surface area contributed by atoms with Gasteiger partial charge in [0.25, 0.3) is 0 Å². The van der Waals surface area contributed by atoms with Gasteiger partial charge in [-0.2, -0.15) is 0 Å². The van der Waals surface area contributed by atoms with Gasteiger partial charge in [-0.05, 0) is 36.5 Å². The third-order valence-electron chi connectivity index (χ3n) is 4.11. The van der Waals surface area contributed by atoms with Crippen LogP contribution in [0.15, 0.2) is 23.1 Å². The molecule has 0 spiro atoms. The van der Waals surface area contributed by atoms with Gasteiger partial charge in [0.1, 0.15) is 0 Å². The van der Waals surface area contributed by atoms with Gasteiger partial charge < -0.3 is 5.73 Å². The Morgan fingerprint density at radius 2 is 1.88 bits per heavy atom. The van der Waals surface area contributed by atoms with Crippen molar-refractivity contribution in [2.75, 3.05) is 5.75 Å². The van der Waals surface area contributed by atoms with Crippen LogP contribution in [0.2, 0.25) is 0 Å². The highest BCUT2D eigenvalue weighted by Crippen LogP contribution is 2.38. The third-order valence-corrected chi connectivity index (χ3v) is 5.90. The van der Waals surface area contributed by atoms with Crippen LogP contribution in [-0.2, 0) is 21.8 Å². The number of rotatable bonds is 1. The minimum Gasteiger partial charge on any atom is -0.321 e. The zero-order valence-corrected chi connectivity index (χ0v) is 10.6. The first-order valence-electron chi connectivity index (χ1n) is 6.16. The molecule has 1 fully saturated rings. The summed E-state index contributed by atoms with van der Waals surface area (Å²) in [6.45, 7) is 0. The van der Waals surface area contributed by atoms with Crippen LogP contribution in [0.3, 0.4) is 0 Å². The van der Waals surface area contributed by atoms with Crippen LogP contribution in [0.4, 0.5) is 0 Å². The Morgan fingerprint density at radius 1 is 1.18 bits per heavy atom. The van der Waals surface area contributed by atoms with Crippen LogP contribution in [0, 0.1) is 0 Å². The quantitative estimate of drug-likeness (QED) is 0.827. The van der Waals surface area contributed by atoms with E-state index in [2.05, 4.69) is 0 Å². The molecule has 1 saturated carbocycles. The molecule has 1 aliphatic carbocycles. The van der Waals surface area contributed by atoms with E-state index in [1.54, 1.807) is 0 Å². The van der Waals surface area contributed by atoms with Gasteiger partial charge in [0.05, 0.1) is 10.6 Å². The van der Waals surface area contributed by atoms with Gasteiger partial charge >= 0.3 is 0 Å². The Bertz CT molecular complexity index is 557. The van der Waals surface area contributed by atoms with Crippen LogP contribution in [0.25, 0.3) is 0 Å². The van der Waals surface area contributed by atoms with Crippen molar-refractivity contribution in [1.29, 1.82) is 0 Å². The zero-order chi connectivity index (χ0) is 12.1. The molecule has 92 valence electrons. The van der Waals surface area contributed by atoms with Crippen molar-refractivity contribution in [1.82, 2.24) is 0 Å². The lowest BCUT2D eigenvalue weighted by molar-refractivity contribution is 0.460. The molecular formula is C13H17NO2S. The molecule has 1 heterocycles. The number of fused-ring (bicyclic) bond motifs is 1. The van der Waals surface area contributed by atoms with Gasteiger partial charge in [-0.1, -0.05) is 25.0 Å². The number of nitrogens with two attached hydrogens (primary N) is 1. The van der Waals surface area contributed by atoms with E-state index in [4.69, 9.17) is 5.73 Å². The Morgan fingerprint density at radius 3 is 2.59 bits per heavy atom. The number of benzene rings is 1. The molecular weight excluding hydrogens is 234 g/mol. The second-order valence-corrected chi connectivity index (χ2v) is 7.33. The zero-order valence-electron chi connectivity index (χ0n) is 9.78. The largest absolute Gasteiger partial charge is 0.321 e. The second kappa shape index (κ2) is 3.56. The summed E-state index contributed by atoms with van der Waals surface area (Å²) < 4.78 is 23.8. The SMILES string of the molecule is NC1(c2ccc3c(c2)S(=O)(=O)CC3)CCCC1. The summed E-state index contributed by atoms with van der Waals surface area (Å²) in [4.78, 5) is 0.520. The van der Waals surface area contributed by atoms with E-state index in [0.29, 0.717) is 11.3 Å². The second-order valence-electron chi connectivity index (χ2n) is 5.25. The summed E-state index contributed by atoms with van der Waals surface area (Å²) in [5.74, 6) is 0.253. The third kappa shape index (κ3) is 1.70. The molecule has 1 aromatic rings. The lowest BCUT2D eigenvalue weighted by atomic mass is 9.89. The fraction of sp³-hybridized carbons (Fsp3) is 0.538. The van der Waals surface area contributed by atoms with Gasteiger partial charge in [-0.15, -0.1) is 0 Å². The van der Waals surface area contributed by atoms with Crippen LogP contribution in [0.1, 0.15) is 36.8 Å². The molecule has 17 heavy (non-hydrogen) atoms. The first-order valence-corrected chi connectivity index (χ1v) is 7.82. The molecule has 0 unspecified atom stereocenters. The minimum atomic E-state index is -3.04. The van der Waals surface area contributed by atoms with Crippen molar-refractivity contribution in [3.63, 3.8) is 0 Å². The predicted molar refractivity (Wildman–Crippen MR) is 66.5 cm³/mol. The lowest BCUT2D eigenvalue weighted by Gasteiger charge is -2.24. The fourth-order valence-corrected chi connectivity index (χ4v) is 4.59. The van der Waals surface area contributed by atoms with Gasteiger partial charge in [-0.25, -0.2) is 8.42 Å². The van der Waals surface area contributed by atoms with Crippen molar-refractivity contribution in [2.45, 2.75) is 42.5 Å². The van der Waals surface area contributed by atoms with Gasteiger partial charge in [0, 0.05) is 5.54 Å². The molecule has 0 atom stereocenters. The summed E-state index contributed by atoms with van der Waals surface area (Å²) >= 11 is 0. The summed E-state index contributed by atoms with van der Waals surface area (Å²) in [6.07, 6.45) is 4.86. The monoisotopic (exact) mass is 251 g/mol. The minimum absolute atomic E-state index is 0.253. The number of hydrogen-bond acceptors (Lipinski definition) is 3. The molecule has 0 radical (unpaired) electrons. The molecule has 4 heteroatoms. The maximum atomic E-state index is 11.9. The summed E-state index contributed by atoms with van der Waals surface area (Å²) in [5.41, 5.74) is 8.02. The van der Waals surface area contributed by atoms with Gasteiger partial charge in [-0.3, -0.25) is 0 Å². The van der Waals surface area contributed by atoms with Crippen molar-refractivity contribution in [2.24, 2.45) is 5.73 Å².